The predicted octanol–water partition coefficient (Wildman–Crippen LogP) is 12.1. The Balaban J connectivity index is 1.22. The molecule has 1 heteroatoms. The first-order valence-corrected chi connectivity index (χ1v) is 15.6. The molecule has 0 saturated carbocycles. The average molecular weight is 570 g/mol. The third kappa shape index (κ3) is 3.50. The van der Waals surface area contributed by atoms with Crippen molar-refractivity contribution < 1.29 is 0 Å². The lowest BCUT2D eigenvalue weighted by atomic mass is 9.91. The van der Waals surface area contributed by atoms with E-state index in [2.05, 4.69) is 168 Å². The van der Waals surface area contributed by atoms with E-state index in [9.17, 15) is 0 Å². The fraction of sp³-hybridized carbons (Fsp3) is 0. The van der Waals surface area contributed by atoms with E-state index in [1.165, 1.54) is 93.5 Å². The molecule has 0 fully saturated rings. The number of nitrogens with zero attached hydrogens (tertiary/aromatic N) is 1. The van der Waals surface area contributed by atoms with Crippen molar-refractivity contribution in [2.24, 2.45) is 0 Å². The van der Waals surface area contributed by atoms with Gasteiger partial charge in [0.15, 0.2) is 0 Å². The molecular weight excluding hydrogens is 542 g/mol. The molecule has 0 bridgehead atoms. The Bertz CT molecular complexity index is 2640. The maximum atomic E-state index is 2.43. The summed E-state index contributed by atoms with van der Waals surface area (Å²) in [5, 5.41) is 7.73. The third-order valence-corrected chi connectivity index (χ3v) is 9.68. The quantitative estimate of drug-likeness (QED) is 0.199. The molecule has 0 unspecified atom stereocenters. The van der Waals surface area contributed by atoms with Gasteiger partial charge in [-0.2, -0.15) is 0 Å². The Morgan fingerprint density at radius 1 is 0.333 bits per heavy atom. The second kappa shape index (κ2) is 9.29. The van der Waals surface area contributed by atoms with Crippen molar-refractivity contribution in [1.82, 2.24) is 4.57 Å². The summed E-state index contributed by atoms with van der Waals surface area (Å²) in [6.45, 7) is 0. The minimum atomic E-state index is 1.18. The number of hydrogen-bond donors (Lipinski definition) is 0. The predicted molar refractivity (Wildman–Crippen MR) is 191 cm³/mol. The Morgan fingerprint density at radius 3 is 1.87 bits per heavy atom. The highest BCUT2D eigenvalue weighted by Crippen LogP contribution is 2.49. The monoisotopic (exact) mass is 569 g/mol. The first kappa shape index (κ1) is 24.5. The van der Waals surface area contributed by atoms with Gasteiger partial charge in [-0.1, -0.05) is 121 Å². The topological polar surface area (TPSA) is 4.93 Å². The number of fused-ring (bicyclic) bond motifs is 8. The molecule has 1 heterocycles. The average Bonchev–Trinajstić information content (AvgIpc) is 3.62. The van der Waals surface area contributed by atoms with Crippen LogP contribution in [0.1, 0.15) is 0 Å². The van der Waals surface area contributed by atoms with Crippen LogP contribution in [0.25, 0.3) is 93.5 Å². The highest BCUT2D eigenvalue weighted by atomic mass is 15.0. The van der Waals surface area contributed by atoms with Gasteiger partial charge in [-0.25, -0.2) is 0 Å². The van der Waals surface area contributed by atoms with Crippen LogP contribution in [-0.4, -0.2) is 4.57 Å². The van der Waals surface area contributed by atoms with E-state index in [-0.39, 0.29) is 0 Å². The molecular formula is C44H27N. The lowest BCUT2D eigenvalue weighted by Gasteiger charge is -2.14. The van der Waals surface area contributed by atoms with Gasteiger partial charge in [-0.15, -0.1) is 0 Å². The van der Waals surface area contributed by atoms with Crippen LogP contribution in [0, 0.1) is 0 Å². The van der Waals surface area contributed by atoms with Crippen molar-refractivity contribution in [3.8, 4) is 50.2 Å². The lowest BCUT2D eigenvalue weighted by Crippen LogP contribution is -1.94. The molecule has 8 aromatic carbocycles. The van der Waals surface area contributed by atoms with Crippen molar-refractivity contribution in [2.45, 2.75) is 0 Å². The van der Waals surface area contributed by atoms with Crippen molar-refractivity contribution >= 4 is 43.4 Å². The van der Waals surface area contributed by atoms with E-state index in [1.54, 1.807) is 0 Å². The Hall–Kier alpha value is -5.92. The van der Waals surface area contributed by atoms with Crippen molar-refractivity contribution in [3.63, 3.8) is 0 Å². The van der Waals surface area contributed by atoms with Crippen LogP contribution in [0.5, 0.6) is 0 Å². The standard InChI is InChI=1S/C44H27N/c1-2-15-32(16-3-1)45-42-23-9-8-20-36(42)41-27-39(35-19-6-7-21-38(35)44(41)45)29-13-10-12-28(24-29)31-25-30-14-11-22-37-33-17-4-5-18-34(33)40(26-31)43(30)37/h1-27H. The summed E-state index contributed by atoms with van der Waals surface area (Å²) in [5.41, 5.74) is 14.0. The summed E-state index contributed by atoms with van der Waals surface area (Å²) in [7, 11) is 0. The molecule has 0 radical (unpaired) electrons. The Morgan fingerprint density at radius 2 is 1.00 bits per heavy atom. The fourth-order valence-corrected chi connectivity index (χ4v) is 7.76. The number of benzene rings is 8. The molecule has 0 atom stereocenters. The number of rotatable bonds is 3. The highest BCUT2D eigenvalue weighted by Gasteiger charge is 2.22. The van der Waals surface area contributed by atoms with Gasteiger partial charge in [0.2, 0.25) is 0 Å². The highest BCUT2D eigenvalue weighted by molar-refractivity contribution is 6.22. The Labute approximate surface area is 261 Å². The molecule has 45 heavy (non-hydrogen) atoms. The largest absolute Gasteiger partial charge is 0.309 e. The zero-order valence-corrected chi connectivity index (χ0v) is 24.5. The van der Waals surface area contributed by atoms with Gasteiger partial charge in [0, 0.05) is 21.8 Å². The minimum Gasteiger partial charge on any atom is -0.309 e. The van der Waals surface area contributed by atoms with E-state index >= 15 is 0 Å². The molecule has 1 aliphatic carbocycles. The van der Waals surface area contributed by atoms with Crippen LogP contribution in [0.4, 0.5) is 0 Å². The molecule has 0 N–H and O–H groups in total. The van der Waals surface area contributed by atoms with Crippen molar-refractivity contribution in [3.05, 3.63) is 164 Å². The van der Waals surface area contributed by atoms with Gasteiger partial charge < -0.3 is 4.57 Å². The normalized spacial score (nSPS) is 12.0. The maximum absolute atomic E-state index is 2.43. The van der Waals surface area contributed by atoms with E-state index in [4.69, 9.17) is 0 Å². The molecule has 0 amide bonds. The number of para-hydroxylation sites is 2. The summed E-state index contributed by atoms with van der Waals surface area (Å²) in [6, 6.07) is 60.2. The second-order valence-corrected chi connectivity index (χ2v) is 12.1. The number of aromatic nitrogens is 1. The number of hydrogen-bond acceptors (Lipinski definition) is 0. The van der Waals surface area contributed by atoms with E-state index in [0.29, 0.717) is 0 Å². The van der Waals surface area contributed by atoms with E-state index in [1.807, 2.05) is 0 Å². The lowest BCUT2D eigenvalue weighted by molar-refractivity contribution is 1.19. The molecule has 10 rings (SSSR count). The van der Waals surface area contributed by atoms with E-state index < -0.39 is 0 Å². The van der Waals surface area contributed by atoms with Gasteiger partial charge in [-0.05, 0) is 103 Å². The maximum Gasteiger partial charge on any atom is 0.0619 e. The van der Waals surface area contributed by atoms with Crippen molar-refractivity contribution in [1.29, 1.82) is 0 Å². The van der Waals surface area contributed by atoms with Crippen LogP contribution in [0.15, 0.2) is 164 Å². The van der Waals surface area contributed by atoms with Gasteiger partial charge in [0.25, 0.3) is 0 Å². The molecule has 0 aliphatic heterocycles. The summed E-state index contributed by atoms with van der Waals surface area (Å²) in [6.07, 6.45) is 0. The molecule has 9 aromatic rings. The zero-order chi connectivity index (χ0) is 29.5. The smallest absolute Gasteiger partial charge is 0.0619 e. The summed E-state index contributed by atoms with van der Waals surface area (Å²) >= 11 is 0. The van der Waals surface area contributed by atoms with Crippen LogP contribution in [-0.2, 0) is 0 Å². The van der Waals surface area contributed by atoms with Gasteiger partial charge in [0.05, 0.1) is 11.0 Å². The molecule has 1 aromatic heterocycles. The molecule has 1 aliphatic rings. The van der Waals surface area contributed by atoms with Crippen LogP contribution < -0.4 is 0 Å². The summed E-state index contributed by atoms with van der Waals surface area (Å²) in [4.78, 5) is 0. The SMILES string of the molecule is c1ccc(-n2c3ccccc3c3cc(-c4cccc(-c5cc6c7c(cccc7c5)-c5ccccc5-6)c4)c4ccccc4c32)cc1. The first-order valence-electron chi connectivity index (χ1n) is 15.6. The molecule has 208 valence electrons. The van der Waals surface area contributed by atoms with Gasteiger partial charge in [0.1, 0.15) is 0 Å². The third-order valence-electron chi connectivity index (χ3n) is 9.68. The van der Waals surface area contributed by atoms with Crippen LogP contribution in [0.3, 0.4) is 0 Å². The second-order valence-electron chi connectivity index (χ2n) is 12.1. The van der Waals surface area contributed by atoms with Gasteiger partial charge in [-0.3, -0.25) is 0 Å². The van der Waals surface area contributed by atoms with Gasteiger partial charge >= 0.3 is 0 Å². The fourth-order valence-electron chi connectivity index (χ4n) is 7.76. The van der Waals surface area contributed by atoms with Crippen molar-refractivity contribution in [2.75, 3.05) is 0 Å². The molecule has 0 saturated heterocycles. The van der Waals surface area contributed by atoms with Crippen LogP contribution in [0.2, 0.25) is 0 Å². The molecule has 0 spiro atoms. The first-order chi connectivity index (χ1) is 22.3. The minimum absolute atomic E-state index is 1.18. The zero-order valence-electron chi connectivity index (χ0n) is 24.5. The Kier molecular flexibility index (Phi) is 5.06. The van der Waals surface area contributed by atoms with E-state index in [0.717, 1.165) is 0 Å². The summed E-state index contributed by atoms with van der Waals surface area (Å²) in [5.74, 6) is 0. The van der Waals surface area contributed by atoms with Crippen LogP contribution >= 0.6 is 0 Å². The summed E-state index contributed by atoms with van der Waals surface area (Å²) < 4.78 is 2.43. The molecule has 1 nitrogen and oxygen atoms in total.